The molecule has 2 nitrogen and oxygen atoms in total. The Kier molecular flexibility index (Phi) is 2.91. The van der Waals surface area contributed by atoms with Gasteiger partial charge in [-0.1, -0.05) is 84.9 Å². The molecule has 6 rings (SSSR count). The van der Waals surface area contributed by atoms with Crippen molar-refractivity contribution in [1.82, 2.24) is 9.78 Å². The molecule has 2 heteroatoms. The molecule has 1 aliphatic carbocycles. The molecule has 0 N–H and O–H groups in total. The summed E-state index contributed by atoms with van der Waals surface area (Å²) in [5.41, 5.74) is 8.23. The average molecular weight is 344 g/mol. The lowest BCUT2D eigenvalue weighted by molar-refractivity contribution is 0.893. The van der Waals surface area contributed by atoms with Gasteiger partial charge in [0.2, 0.25) is 0 Å². The Bertz CT molecular complexity index is 1200. The lowest BCUT2D eigenvalue weighted by Crippen LogP contribution is -1.98. The van der Waals surface area contributed by atoms with Crippen LogP contribution in [-0.4, -0.2) is 9.78 Å². The van der Waals surface area contributed by atoms with E-state index in [1.807, 2.05) is 12.1 Å². The van der Waals surface area contributed by atoms with E-state index in [-0.39, 0.29) is 0 Å². The van der Waals surface area contributed by atoms with Gasteiger partial charge in [-0.2, -0.15) is 5.10 Å². The zero-order valence-corrected chi connectivity index (χ0v) is 14.6. The van der Waals surface area contributed by atoms with Crippen molar-refractivity contribution in [3.05, 3.63) is 97.1 Å². The van der Waals surface area contributed by atoms with Gasteiger partial charge in [-0.25, -0.2) is 4.68 Å². The number of aromatic nitrogens is 2. The Morgan fingerprint density at radius 1 is 0.593 bits per heavy atom. The predicted molar refractivity (Wildman–Crippen MR) is 111 cm³/mol. The normalized spacial score (nSPS) is 11.7. The van der Waals surface area contributed by atoms with Gasteiger partial charge in [0.1, 0.15) is 5.69 Å². The standard InChI is InChI=1S/C25H16N2/c1-3-9-18(10-4-1)24-23-20-15-7-11-17-12-8-16-21(22(17)20)25(23)27(26-24)19-13-5-2-6-14-19/h1-16H. The fourth-order valence-corrected chi connectivity index (χ4v) is 4.22. The van der Waals surface area contributed by atoms with Crippen molar-refractivity contribution in [3.63, 3.8) is 0 Å². The molecule has 0 spiro atoms. The molecule has 0 unspecified atom stereocenters. The van der Waals surface area contributed by atoms with Gasteiger partial charge in [-0.3, -0.25) is 0 Å². The van der Waals surface area contributed by atoms with Crippen molar-refractivity contribution in [1.29, 1.82) is 0 Å². The molecule has 126 valence electrons. The van der Waals surface area contributed by atoms with E-state index in [0.29, 0.717) is 0 Å². The van der Waals surface area contributed by atoms with Crippen LogP contribution in [0.15, 0.2) is 97.1 Å². The van der Waals surface area contributed by atoms with Gasteiger partial charge in [0.05, 0.1) is 11.4 Å². The molecule has 4 aromatic carbocycles. The maximum Gasteiger partial charge on any atom is 0.101 e. The van der Waals surface area contributed by atoms with Crippen LogP contribution >= 0.6 is 0 Å². The van der Waals surface area contributed by atoms with Crippen molar-refractivity contribution in [2.45, 2.75) is 0 Å². The first-order valence-electron chi connectivity index (χ1n) is 9.18. The third-order valence-electron chi connectivity index (χ3n) is 5.36. The zero-order chi connectivity index (χ0) is 17.8. The second-order valence-corrected chi connectivity index (χ2v) is 6.89. The molecule has 0 bridgehead atoms. The molecule has 0 saturated heterocycles. The fraction of sp³-hybridized carbons (Fsp3) is 0. The molecule has 5 aromatic rings. The van der Waals surface area contributed by atoms with E-state index >= 15 is 0 Å². The number of fused-ring (bicyclic) bond motifs is 3. The Balaban J connectivity index is 1.77. The van der Waals surface area contributed by atoms with Crippen LogP contribution in [0.4, 0.5) is 0 Å². The van der Waals surface area contributed by atoms with Crippen LogP contribution in [0.1, 0.15) is 0 Å². The van der Waals surface area contributed by atoms with Crippen LogP contribution in [0.2, 0.25) is 0 Å². The summed E-state index contributed by atoms with van der Waals surface area (Å²) >= 11 is 0. The summed E-state index contributed by atoms with van der Waals surface area (Å²) in [6, 6.07) is 34.0. The third-order valence-corrected chi connectivity index (χ3v) is 5.36. The third kappa shape index (κ3) is 1.98. The summed E-state index contributed by atoms with van der Waals surface area (Å²) in [6.45, 7) is 0. The minimum Gasteiger partial charge on any atom is -0.232 e. The smallest absolute Gasteiger partial charge is 0.101 e. The molecular formula is C25H16N2. The fourth-order valence-electron chi connectivity index (χ4n) is 4.22. The quantitative estimate of drug-likeness (QED) is 0.358. The summed E-state index contributed by atoms with van der Waals surface area (Å²) in [5.74, 6) is 0. The molecule has 0 atom stereocenters. The maximum absolute atomic E-state index is 5.07. The highest BCUT2D eigenvalue weighted by molar-refractivity contribution is 6.17. The van der Waals surface area contributed by atoms with Crippen molar-refractivity contribution in [2.75, 3.05) is 0 Å². The zero-order valence-electron chi connectivity index (χ0n) is 14.6. The topological polar surface area (TPSA) is 17.8 Å². The first-order chi connectivity index (χ1) is 13.4. The summed E-state index contributed by atoms with van der Waals surface area (Å²) < 4.78 is 2.10. The van der Waals surface area contributed by atoms with Crippen molar-refractivity contribution >= 4 is 10.8 Å². The minimum absolute atomic E-state index is 1.04. The van der Waals surface area contributed by atoms with Gasteiger partial charge in [0.15, 0.2) is 0 Å². The Morgan fingerprint density at radius 2 is 1.26 bits per heavy atom. The lowest BCUT2D eigenvalue weighted by Gasteiger charge is -2.07. The van der Waals surface area contributed by atoms with Crippen molar-refractivity contribution < 1.29 is 0 Å². The summed E-state index contributed by atoms with van der Waals surface area (Å²) in [4.78, 5) is 0. The molecule has 1 aliphatic rings. The first kappa shape index (κ1) is 14.5. The second-order valence-electron chi connectivity index (χ2n) is 6.89. The molecule has 27 heavy (non-hydrogen) atoms. The maximum atomic E-state index is 5.07. The molecule has 0 aliphatic heterocycles. The van der Waals surface area contributed by atoms with Crippen molar-refractivity contribution in [2.24, 2.45) is 0 Å². The van der Waals surface area contributed by atoms with E-state index in [1.165, 1.54) is 33.2 Å². The Labute approximate surface area is 157 Å². The van der Waals surface area contributed by atoms with Crippen LogP contribution in [0, 0.1) is 0 Å². The van der Waals surface area contributed by atoms with Crippen molar-refractivity contribution in [3.8, 4) is 39.3 Å². The highest BCUT2D eigenvalue weighted by Crippen LogP contribution is 2.51. The highest BCUT2D eigenvalue weighted by Gasteiger charge is 2.30. The van der Waals surface area contributed by atoms with E-state index < -0.39 is 0 Å². The SMILES string of the molecule is c1ccc(-c2nn(-c3ccccc3)c3c2-c2cccc4cccc-3c24)cc1. The number of hydrogen-bond acceptors (Lipinski definition) is 1. The summed E-state index contributed by atoms with van der Waals surface area (Å²) in [7, 11) is 0. The lowest BCUT2D eigenvalue weighted by atomic mass is 10.0. The van der Waals surface area contributed by atoms with Gasteiger partial charge in [0.25, 0.3) is 0 Å². The van der Waals surface area contributed by atoms with Gasteiger partial charge in [0, 0.05) is 16.7 Å². The largest absolute Gasteiger partial charge is 0.232 e. The highest BCUT2D eigenvalue weighted by atomic mass is 15.3. The van der Waals surface area contributed by atoms with E-state index in [9.17, 15) is 0 Å². The minimum atomic E-state index is 1.04. The molecule has 0 radical (unpaired) electrons. The summed E-state index contributed by atoms with van der Waals surface area (Å²) in [5, 5.41) is 7.68. The van der Waals surface area contributed by atoms with Gasteiger partial charge in [-0.15, -0.1) is 0 Å². The Hall–Kier alpha value is -3.65. The number of benzene rings is 4. The molecule has 1 aromatic heterocycles. The molecule has 1 heterocycles. The number of nitrogens with zero attached hydrogens (tertiary/aromatic N) is 2. The average Bonchev–Trinajstić information content (AvgIpc) is 3.28. The predicted octanol–water partition coefficient (Wildman–Crippen LogP) is 6.34. The second kappa shape index (κ2) is 5.42. The molecule has 0 saturated carbocycles. The van der Waals surface area contributed by atoms with E-state index in [0.717, 1.165) is 16.9 Å². The Morgan fingerprint density at radius 3 is 2.00 bits per heavy atom. The number of para-hydroxylation sites is 1. The first-order valence-corrected chi connectivity index (χ1v) is 9.18. The van der Waals surface area contributed by atoms with Crippen LogP contribution < -0.4 is 0 Å². The van der Waals surface area contributed by atoms with Gasteiger partial charge >= 0.3 is 0 Å². The van der Waals surface area contributed by atoms with E-state index in [2.05, 4.69) is 89.6 Å². The van der Waals surface area contributed by atoms with E-state index in [1.54, 1.807) is 0 Å². The van der Waals surface area contributed by atoms with Crippen LogP contribution in [0.25, 0.3) is 50.1 Å². The molecule has 0 amide bonds. The molecular weight excluding hydrogens is 328 g/mol. The van der Waals surface area contributed by atoms with Crippen LogP contribution in [-0.2, 0) is 0 Å². The number of rotatable bonds is 2. The monoisotopic (exact) mass is 344 g/mol. The summed E-state index contributed by atoms with van der Waals surface area (Å²) in [6.07, 6.45) is 0. The van der Waals surface area contributed by atoms with Gasteiger partial charge < -0.3 is 0 Å². The molecule has 0 fully saturated rings. The van der Waals surface area contributed by atoms with E-state index in [4.69, 9.17) is 5.10 Å². The number of hydrogen-bond donors (Lipinski definition) is 0. The van der Waals surface area contributed by atoms with Crippen LogP contribution in [0.5, 0.6) is 0 Å². The van der Waals surface area contributed by atoms with Crippen LogP contribution in [0.3, 0.4) is 0 Å². The van der Waals surface area contributed by atoms with Gasteiger partial charge in [-0.05, 0) is 28.5 Å².